The molecule has 2 aromatic heterocycles. The van der Waals surface area contributed by atoms with Crippen LogP contribution in [0.25, 0.3) is 23.0 Å². The fourth-order valence-corrected chi connectivity index (χ4v) is 3.25. The van der Waals surface area contributed by atoms with Gasteiger partial charge in [-0.25, -0.2) is 4.68 Å². The average Bonchev–Trinajstić information content (AvgIpc) is 3.26. The number of ketones is 1. The minimum Gasteiger partial charge on any atom is -0.406 e. The first-order valence-corrected chi connectivity index (χ1v) is 10.3. The van der Waals surface area contributed by atoms with Crippen LogP contribution in [0.2, 0.25) is 0 Å². The van der Waals surface area contributed by atoms with Crippen LogP contribution < -0.4 is 4.74 Å². The summed E-state index contributed by atoms with van der Waals surface area (Å²) >= 11 is 0. The SMILES string of the molecule is O=C(C=Cc1cn(-c2ccc(C(F)(F)F)cc2)nc1-c1cccnc1)c1ccc(OC(F)(F)F)cc1. The number of hydrogen-bond acceptors (Lipinski definition) is 4. The van der Waals surface area contributed by atoms with Gasteiger partial charge in [-0.2, -0.15) is 18.3 Å². The van der Waals surface area contributed by atoms with Gasteiger partial charge in [-0.1, -0.05) is 0 Å². The summed E-state index contributed by atoms with van der Waals surface area (Å²) in [5.41, 5.74) is 1.17. The van der Waals surface area contributed by atoms with Crippen molar-refractivity contribution in [3.8, 4) is 22.7 Å². The molecule has 0 unspecified atom stereocenters. The normalized spacial score (nSPS) is 12.2. The summed E-state index contributed by atoms with van der Waals surface area (Å²) in [6.45, 7) is 0. The van der Waals surface area contributed by atoms with E-state index in [0.29, 0.717) is 22.5 Å². The third-order valence-corrected chi connectivity index (χ3v) is 4.92. The van der Waals surface area contributed by atoms with Crippen molar-refractivity contribution in [2.24, 2.45) is 0 Å². The lowest BCUT2D eigenvalue weighted by Gasteiger charge is -2.08. The zero-order chi connectivity index (χ0) is 25.9. The van der Waals surface area contributed by atoms with Crippen molar-refractivity contribution < 1.29 is 35.9 Å². The van der Waals surface area contributed by atoms with E-state index in [2.05, 4.69) is 14.8 Å². The quantitative estimate of drug-likeness (QED) is 0.166. The molecular formula is C25H15F6N3O2. The first kappa shape index (κ1) is 24.7. The molecule has 36 heavy (non-hydrogen) atoms. The topological polar surface area (TPSA) is 57.0 Å². The molecule has 0 bridgehead atoms. The molecule has 0 aliphatic heterocycles. The zero-order valence-corrected chi connectivity index (χ0v) is 18.1. The van der Waals surface area contributed by atoms with Gasteiger partial charge in [0.05, 0.1) is 11.3 Å². The lowest BCUT2D eigenvalue weighted by molar-refractivity contribution is -0.274. The molecule has 0 N–H and O–H groups in total. The van der Waals surface area contributed by atoms with Crippen molar-refractivity contribution in [3.63, 3.8) is 0 Å². The van der Waals surface area contributed by atoms with Crippen LogP contribution in [0.4, 0.5) is 26.3 Å². The van der Waals surface area contributed by atoms with Crippen LogP contribution in [-0.4, -0.2) is 26.9 Å². The number of nitrogens with zero attached hydrogens (tertiary/aromatic N) is 3. The van der Waals surface area contributed by atoms with Gasteiger partial charge >= 0.3 is 12.5 Å². The fraction of sp³-hybridized carbons (Fsp3) is 0.0800. The minimum absolute atomic E-state index is 0.124. The number of ether oxygens (including phenoxy) is 1. The van der Waals surface area contributed by atoms with Gasteiger partial charge in [0, 0.05) is 35.3 Å². The summed E-state index contributed by atoms with van der Waals surface area (Å²) < 4.78 is 80.8. The number of halogens is 6. The molecule has 2 aromatic carbocycles. The van der Waals surface area contributed by atoms with E-state index < -0.39 is 29.6 Å². The fourth-order valence-electron chi connectivity index (χ4n) is 3.25. The lowest BCUT2D eigenvalue weighted by Crippen LogP contribution is -2.17. The second kappa shape index (κ2) is 9.68. The molecule has 4 rings (SSSR count). The van der Waals surface area contributed by atoms with Crippen LogP contribution in [0.5, 0.6) is 5.75 Å². The number of benzene rings is 2. The summed E-state index contributed by atoms with van der Waals surface area (Å²) in [6.07, 6.45) is -2.02. The predicted molar refractivity (Wildman–Crippen MR) is 118 cm³/mol. The van der Waals surface area contributed by atoms with E-state index in [1.807, 2.05) is 0 Å². The van der Waals surface area contributed by atoms with Gasteiger partial charge in [0.2, 0.25) is 0 Å². The molecule has 0 atom stereocenters. The van der Waals surface area contributed by atoms with Crippen LogP contribution in [0, 0.1) is 0 Å². The van der Waals surface area contributed by atoms with Crippen molar-refractivity contribution >= 4 is 11.9 Å². The van der Waals surface area contributed by atoms with Gasteiger partial charge < -0.3 is 4.74 Å². The van der Waals surface area contributed by atoms with Gasteiger partial charge in [0.25, 0.3) is 0 Å². The standard InChI is InChI=1S/C25H15F6N3O2/c26-24(27,28)19-6-8-20(9-7-19)34-15-18(23(33-34)17-2-1-13-32-14-17)5-12-22(35)16-3-10-21(11-4-16)36-25(29,30)31/h1-15H. The van der Waals surface area contributed by atoms with Crippen LogP contribution in [0.1, 0.15) is 21.5 Å². The van der Waals surface area contributed by atoms with Gasteiger partial charge in [-0.3, -0.25) is 9.78 Å². The molecule has 0 amide bonds. The number of aromatic nitrogens is 3. The Morgan fingerprint density at radius 2 is 1.61 bits per heavy atom. The van der Waals surface area contributed by atoms with Crippen molar-refractivity contribution in [3.05, 3.63) is 102 Å². The van der Waals surface area contributed by atoms with E-state index in [-0.39, 0.29) is 5.56 Å². The molecule has 0 aliphatic carbocycles. The Morgan fingerprint density at radius 1 is 0.917 bits per heavy atom. The molecule has 2 heterocycles. The number of carbonyl (C=O) groups is 1. The maximum atomic E-state index is 12.9. The molecule has 0 aliphatic rings. The second-order valence-electron chi connectivity index (χ2n) is 7.43. The van der Waals surface area contributed by atoms with E-state index in [4.69, 9.17) is 0 Å². The summed E-state index contributed by atoms with van der Waals surface area (Å²) in [5, 5.41) is 4.45. The lowest BCUT2D eigenvalue weighted by atomic mass is 10.1. The number of alkyl halides is 6. The van der Waals surface area contributed by atoms with Gasteiger partial charge in [-0.05, 0) is 72.8 Å². The minimum atomic E-state index is -4.85. The third-order valence-electron chi connectivity index (χ3n) is 4.92. The average molecular weight is 503 g/mol. The van der Waals surface area contributed by atoms with Gasteiger partial charge in [-0.15, -0.1) is 13.2 Å². The first-order chi connectivity index (χ1) is 17.0. The Labute approximate surface area is 200 Å². The van der Waals surface area contributed by atoms with E-state index in [1.165, 1.54) is 53.5 Å². The molecular weight excluding hydrogens is 488 g/mol. The van der Waals surface area contributed by atoms with Crippen molar-refractivity contribution in [2.75, 3.05) is 0 Å². The maximum absolute atomic E-state index is 12.9. The Balaban J connectivity index is 1.63. The van der Waals surface area contributed by atoms with Crippen molar-refractivity contribution in [1.82, 2.24) is 14.8 Å². The third kappa shape index (κ3) is 5.98. The summed E-state index contributed by atoms with van der Waals surface area (Å²) in [5.74, 6) is -0.951. The zero-order valence-electron chi connectivity index (χ0n) is 18.1. The molecule has 0 saturated heterocycles. The monoisotopic (exact) mass is 503 g/mol. The number of allylic oxidation sites excluding steroid dienone is 1. The molecule has 184 valence electrons. The molecule has 4 aromatic rings. The highest BCUT2D eigenvalue weighted by Gasteiger charge is 2.31. The molecule has 0 fully saturated rings. The molecule has 0 saturated carbocycles. The number of carbonyl (C=O) groups excluding carboxylic acids is 1. The molecule has 0 radical (unpaired) electrons. The Morgan fingerprint density at radius 3 is 2.19 bits per heavy atom. The maximum Gasteiger partial charge on any atom is 0.573 e. The highest BCUT2D eigenvalue weighted by Crippen LogP contribution is 2.30. The van der Waals surface area contributed by atoms with Crippen molar-refractivity contribution in [2.45, 2.75) is 12.5 Å². The molecule has 11 heteroatoms. The largest absolute Gasteiger partial charge is 0.573 e. The Bertz CT molecular complexity index is 1370. The number of rotatable bonds is 6. The smallest absolute Gasteiger partial charge is 0.406 e. The van der Waals surface area contributed by atoms with Crippen LogP contribution in [-0.2, 0) is 6.18 Å². The van der Waals surface area contributed by atoms with E-state index in [0.717, 1.165) is 24.3 Å². The van der Waals surface area contributed by atoms with Gasteiger partial charge in [0.15, 0.2) is 5.78 Å². The summed E-state index contributed by atoms with van der Waals surface area (Å²) in [6, 6.07) is 12.3. The Kier molecular flexibility index (Phi) is 6.65. The summed E-state index contributed by atoms with van der Waals surface area (Å²) in [7, 11) is 0. The predicted octanol–water partition coefficient (Wildman–Crippen LogP) is 6.75. The van der Waals surface area contributed by atoms with Crippen LogP contribution in [0.15, 0.2) is 85.3 Å². The number of pyridine rings is 1. The molecule has 5 nitrogen and oxygen atoms in total. The Hall–Kier alpha value is -4.41. The summed E-state index contributed by atoms with van der Waals surface area (Å²) in [4.78, 5) is 16.6. The van der Waals surface area contributed by atoms with E-state index in [9.17, 15) is 31.1 Å². The van der Waals surface area contributed by atoms with Crippen molar-refractivity contribution in [1.29, 1.82) is 0 Å². The van der Waals surface area contributed by atoms with E-state index in [1.54, 1.807) is 18.3 Å². The highest BCUT2D eigenvalue weighted by molar-refractivity contribution is 6.07. The number of hydrogen-bond donors (Lipinski definition) is 0. The van der Waals surface area contributed by atoms with E-state index >= 15 is 0 Å². The second-order valence-corrected chi connectivity index (χ2v) is 7.43. The first-order valence-electron chi connectivity index (χ1n) is 10.3. The highest BCUT2D eigenvalue weighted by atomic mass is 19.4. The van der Waals surface area contributed by atoms with Gasteiger partial charge in [0.1, 0.15) is 11.4 Å². The van der Waals surface area contributed by atoms with Crippen LogP contribution in [0.3, 0.4) is 0 Å². The molecule has 0 spiro atoms. The van der Waals surface area contributed by atoms with Crippen LogP contribution >= 0.6 is 0 Å².